The number of hydrogen-bond acceptors (Lipinski definition) is 4. The van der Waals surface area contributed by atoms with Crippen molar-refractivity contribution in [1.29, 1.82) is 0 Å². The van der Waals surface area contributed by atoms with Crippen LogP contribution >= 0.6 is 22.9 Å². The van der Waals surface area contributed by atoms with E-state index in [1.165, 1.54) is 11.3 Å². The van der Waals surface area contributed by atoms with E-state index in [0.29, 0.717) is 16.7 Å². The van der Waals surface area contributed by atoms with Crippen LogP contribution in [0.3, 0.4) is 0 Å². The largest absolute Gasteiger partial charge is 0.466 e. The molecule has 2 rings (SSSR count). The third-order valence-electron chi connectivity index (χ3n) is 2.18. The summed E-state index contributed by atoms with van der Waals surface area (Å²) in [6, 6.07) is 5.46. The number of esters is 1. The summed E-state index contributed by atoms with van der Waals surface area (Å²) in [6.45, 7) is 2.17. The Kier molecular flexibility index (Phi) is 3.86. The van der Waals surface area contributed by atoms with Crippen molar-refractivity contribution in [2.24, 2.45) is 0 Å². The molecule has 3 nitrogen and oxygen atoms in total. The number of carbonyl (C=O) groups excluding carboxylic acids is 1. The molecule has 5 heteroatoms. The molecule has 0 aromatic carbocycles. The van der Waals surface area contributed by atoms with E-state index < -0.39 is 0 Å². The molecule has 0 aliphatic carbocycles. The lowest BCUT2D eigenvalue weighted by molar-refractivity contribution is -0.142. The Hall–Kier alpha value is -1.26. The van der Waals surface area contributed by atoms with E-state index in [-0.39, 0.29) is 12.4 Å². The van der Waals surface area contributed by atoms with E-state index >= 15 is 0 Å². The van der Waals surface area contributed by atoms with Crippen molar-refractivity contribution >= 4 is 28.9 Å². The smallest absolute Gasteiger partial charge is 0.310 e. The minimum absolute atomic E-state index is 0.217. The molecule has 2 heterocycles. The second-order valence-corrected chi connectivity index (χ2v) is 5.08. The van der Waals surface area contributed by atoms with Crippen molar-refractivity contribution in [3.05, 3.63) is 34.4 Å². The normalized spacial score (nSPS) is 10.5. The van der Waals surface area contributed by atoms with Crippen molar-refractivity contribution in [3.8, 4) is 10.6 Å². The highest BCUT2D eigenvalue weighted by Crippen LogP contribution is 2.33. The molecule has 0 spiro atoms. The number of thiophene rings is 1. The second-order valence-electron chi connectivity index (χ2n) is 3.36. The molecule has 0 saturated carbocycles. The summed E-state index contributed by atoms with van der Waals surface area (Å²) in [5.74, 6) is 0.438. The van der Waals surface area contributed by atoms with Gasteiger partial charge in [-0.3, -0.25) is 4.79 Å². The highest BCUT2D eigenvalue weighted by molar-refractivity contribution is 7.19. The Labute approximate surface area is 108 Å². The average Bonchev–Trinajstić information content (AvgIpc) is 2.87. The Bertz CT molecular complexity index is 515. The van der Waals surface area contributed by atoms with Gasteiger partial charge in [0.2, 0.25) is 0 Å². The highest BCUT2D eigenvalue weighted by Gasteiger charge is 2.14. The molecule has 0 fully saturated rings. The van der Waals surface area contributed by atoms with Gasteiger partial charge in [0.1, 0.15) is 5.76 Å². The van der Waals surface area contributed by atoms with Crippen LogP contribution in [0.15, 0.2) is 28.9 Å². The van der Waals surface area contributed by atoms with Crippen LogP contribution in [0.1, 0.15) is 12.5 Å². The molecular weight excluding hydrogens is 260 g/mol. The Morgan fingerprint density at radius 3 is 2.94 bits per heavy atom. The maximum atomic E-state index is 11.4. The van der Waals surface area contributed by atoms with Gasteiger partial charge < -0.3 is 9.15 Å². The van der Waals surface area contributed by atoms with Crippen molar-refractivity contribution < 1.29 is 13.9 Å². The van der Waals surface area contributed by atoms with Gasteiger partial charge in [-0.15, -0.1) is 11.3 Å². The Morgan fingerprint density at radius 2 is 2.29 bits per heavy atom. The SMILES string of the molecule is CCOC(=O)Cc1ccoc1-c1ccc(Cl)s1. The quantitative estimate of drug-likeness (QED) is 0.794. The lowest BCUT2D eigenvalue weighted by atomic mass is 10.1. The zero-order valence-corrected chi connectivity index (χ0v) is 10.8. The monoisotopic (exact) mass is 270 g/mol. The molecule has 0 aliphatic heterocycles. The molecular formula is C12H11ClO3S. The van der Waals surface area contributed by atoms with Gasteiger partial charge in [0.05, 0.1) is 28.5 Å². The fourth-order valence-corrected chi connectivity index (χ4v) is 2.56. The molecule has 90 valence electrons. The van der Waals surface area contributed by atoms with Gasteiger partial charge in [0, 0.05) is 5.56 Å². The summed E-state index contributed by atoms with van der Waals surface area (Å²) in [5, 5.41) is 0. The van der Waals surface area contributed by atoms with Crippen LogP contribution in [-0.2, 0) is 16.0 Å². The van der Waals surface area contributed by atoms with Gasteiger partial charge in [-0.2, -0.15) is 0 Å². The third kappa shape index (κ3) is 2.90. The van der Waals surface area contributed by atoms with E-state index in [0.717, 1.165) is 10.4 Å². The number of rotatable bonds is 4. The van der Waals surface area contributed by atoms with Gasteiger partial charge in [-0.1, -0.05) is 11.6 Å². The van der Waals surface area contributed by atoms with Gasteiger partial charge >= 0.3 is 5.97 Å². The third-order valence-corrected chi connectivity index (χ3v) is 3.41. The Balaban J connectivity index is 2.20. The molecule has 2 aromatic heterocycles. The zero-order valence-electron chi connectivity index (χ0n) is 9.23. The molecule has 0 saturated heterocycles. The first kappa shape index (κ1) is 12.2. The van der Waals surface area contributed by atoms with E-state index in [1.54, 1.807) is 25.3 Å². The van der Waals surface area contributed by atoms with Crippen LogP contribution in [0.5, 0.6) is 0 Å². The van der Waals surface area contributed by atoms with Gasteiger partial charge in [0.15, 0.2) is 0 Å². The predicted molar refractivity (Wildman–Crippen MR) is 67.4 cm³/mol. The van der Waals surface area contributed by atoms with Gasteiger partial charge in [-0.05, 0) is 25.1 Å². The summed E-state index contributed by atoms with van der Waals surface area (Å²) in [6.07, 6.45) is 1.78. The van der Waals surface area contributed by atoms with E-state index in [1.807, 2.05) is 6.07 Å². The summed E-state index contributed by atoms with van der Waals surface area (Å²) in [7, 11) is 0. The number of halogens is 1. The molecule has 0 bridgehead atoms. The van der Waals surface area contributed by atoms with Crippen LogP contribution in [0.4, 0.5) is 0 Å². The van der Waals surface area contributed by atoms with Crippen LogP contribution in [0.2, 0.25) is 4.34 Å². The van der Waals surface area contributed by atoms with Gasteiger partial charge in [0.25, 0.3) is 0 Å². The molecule has 2 aromatic rings. The topological polar surface area (TPSA) is 39.4 Å². The van der Waals surface area contributed by atoms with E-state index in [4.69, 9.17) is 20.8 Å². The minimum atomic E-state index is -0.252. The molecule has 0 radical (unpaired) electrons. The van der Waals surface area contributed by atoms with Crippen molar-refractivity contribution in [2.45, 2.75) is 13.3 Å². The fourth-order valence-electron chi connectivity index (χ4n) is 1.49. The van der Waals surface area contributed by atoms with Crippen LogP contribution in [0, 0.1) is 0 Å². The van der Waals surface area contributed by atoms with E-state index in [2.05, 4.69) is 0 Å². The average molecular weight is 271 g/mol. The minimum Gasteiger partial charge on any atom is -0.466 e. The van der Waals surface area contributed by atoms with Crippen LogP contribution < -0.4 is 0 Å². The molecule has 0 unspecified atom stereocenters. The highest BCUT2D eigenvalue weighted by atomic mass is 35.5. The Morgan fingerprint density at radius 1 is 1.47 bits per heavy atom. The predicted octanol–water partition coefficient (Wildman–Crippen LogP) is 3.77. The second kappa shape index (κ2) is 5.38. The molecule has 0 aliphatic rings. The van der Waals surface area contributed by atoms with Crippen LogP contribution in [0.25, 0.3) is 10.6 Å². The number of hydrogen-bond donors (Lipinski definition) is 0. The van der Waals surface area contributed by atoms with E-state index in [9.17, 15) is 4.79 Å². The van der Waals surface area contributed by atoms with Crippen molar-refractivity contribution in [2.75, 3.05) is 6.61 Å². The number of carbonyl (C=O) groups is 1. The first-order valence-electron chi connectivity index (χ1n) is 5.18. The maximum Gasteiger partial charge on any atom is 0.310 e. The summed E-state index contributed by atoms with van der Waals surface area (Å²) in [5.41, 5.74) is 0.821. The lowest BCUT2D eigenvalue weighted by Crippen LogP contribution is -2.07. The number of furan rings is 1. The number of ether oxygens (including phenoxy) is 1. The summed E-state index contributed by atoms with van der Waals surface area (Å²) >= 11 is 7.29. The molecule has 0 amide bonds. The van der Waals surface area contributed by atoms with Crippen molar-refractivity contribution in [3.63, 3.8) is 0 Å². The molecule has 0 atom stereocenters. The lowest BCUT2D eigenvalue weighted by Gasteiger charge is -2.01. The maximum absolute atomic E-state index is 11.4. The van der Waals surface area contributed by atoms with Crippen molar-refractivity contribution in [1.82, 2.24) is 0 Å². The van der Waals surface area contributed by atoms with Crippen LogP contribution in [-0.4, -0.2) is 12.6 Å². The first-order chi connectivity index (χ1) is 8.20. The molecule has 0 N–H and O–H groups in total. The zero-order chi connectivity index (χ0) is 12.3. The van der Waals surface area contributed by atoms with Gasteiger partial charge in [-0.25, -0.2) is 0 Å². The fraction of sp³-hybridized carbons (Fsp3) is 0.250. The first-order valence-corrected chi connectivity index (χ1v) is 6.38. The summed E-state index contributed by atoms with van der Waals surface area (Å²) < 4.78 is 11.0. The standard InChI is InChI=1S/C12H11ClO3S/c1-2-15-11(14)7-8-5-6-16-12(8)9-3-4-10(13)17-9/h3-6H,2,7H2,1H3. The molecule has 17 heavy (non-hydrogen) atoms. The summed E-state index contributed by atoms with van der Waals surface area (Å²) in [4.78, 5) is 12.3.